The number of halogens is 2. The Morgan fingerprint density at radius 2 is 2.28 bits per heavy atom. The zero-order chi connectivity index (χ0) is 12.5. The summed E-state index contributed by atoms with van der Waals surface area (Å²) in [5.74, 6) is 0.599. The number of ketones is 1. The number of ether oxygens (including phenoxy) is 1. The molecule has 0 aliphatic carbocycles. The second kappa shape index (κ2) is 5.20. The molecule has 2 N–H and O–H groups in total. The molecule has 3 rings (SSSR count). The third kappa shape index (κ3) is 2.18. The lowest BCUT2D eigenvalue weighted by Crippen LogP contribution is -2.32. The summed E-state index contributed by atoms with van der Waals surface area (Å²) in [6.45, 7) is 0.403. The molecule has 1 atom stereocenters. The van der Waals surface area contributed by atoms with Gasteiger partial charge in [0, 0.05) is 0 Å². The topological polar surface area (TPSA) is 52.3 Å². The molecule has 1 unspecified atom stereocenters. The van der Waals surface area contributed by atoms with Gasteiger partial charge in [0.1, 0.15) is 6.61 Å². The van der Waals surface area contributed by atoms with Crippen molar-refractivity contribution in [2.45, 2.75) is 0 Å². The molecule has 0 radical (unpaired) electrons. The molecule has 0 aromatic rings. The van der Waals surface area contributed by atoms with Crippen LogP contribution in [0.3, 0.4) is 0 Å². The van der Waals surface area contributed by atoms with Gasteiger partial charge in [-0.2, -0.15) is 0 Å². The summed E-state index contributed by atoms with van der Waals surface area (Å²) in [6.07, 6.45) is 4.14. The molecular weight excluding hydrogens is 456 g/mol. The van der Waals surface area contributed by atoms with E-state index in [2.05, 4.69) is 20.2 Å². The largest absolute Gasteiger partial charge is 0.490 e. The minimum absolute atomic E-state index is 0.0493. The third-order valence-electron chi connectivity index (χ3n) is 2.89. The average Bonchev–Trinajstić information content (AvgIpc) is 2.41. The van der Waals surface area contributed by atoms with Gasteiger partial charge in [-0.25, -0.2) is 0 Å². The van der Waals surface area contributed by atoms with Crippen LogP contribution in [0.1, 0.15) is 0 Å². The van der Waals surface area contributed by atoms with Crippen molar-refractivity contribution in [3.05, 3.63) is 42.9 Å². The summed E-state index contributed by atoms with van der Waals surface area (Å²) in [4.78, 5) is 12.5. The van der Waals surface area contributed by atoms with E-state index >= 15 is 0 Å². The SMILES string of the molecule is NC1=CI=CC2=C1OCC(C1=CC=IC=C1)C2=O. The predicted molar refractivity (Wildman–Crippen MR) is 91.1 cm³/mol. The highest BCUT2D eigenvalue weighted by Crippen LogP contribution is 2.32. The minimum Gasteiger partial charge on any atom is -0.490 e. The standard InChI is InChI=1S/C13H11I2NO2/c16-11-6-15-5-9-12(17)10(7-18-13(9)11)8-1-3-14-4-2-8/h1-6,10H,7,16H2. The van der Waals surface area contributed by atoms with Crippen LogP contribution in [0.5, 0.6) is 0 Å². The first kappa shape index (κ1) is 12.5. The summed E-state index contributed by atoms with van der Waals surface area (Å²) in [7, 11) is 0. The molecule has 3 nitrogen and oxygen atoms in total. The molecule has 0 aromatic heterocycles. The van der Waals surface area contributed by atoms with E-state index in [0.717, 1.165) is 5.57 Å². The lowest BCUT2D eigenvalue weighted by atomic mass is 9.88. The molecule has 0 fully saturated rings. The van der Waals surface area contributed by atoms with Crippen LogP contribution in [0.15, 0.2) is 42.9 Å². The molecule has 0 bridgehead atoms. The van der Waals surface area contributed by atoms with E-state index < -0.39 is 0 Å². The maximum absolute atomic E-state index is 12.5. The van der Waals surface area contributed by atoms with Crippen molar-refractivity contribution in [3.8, 4) is 0 Å². The van der Waals surface area contributed by atoms with Crippen molar-refractivity contribution in [1.82, 2.24) is 0 Å². The number of rotatable bonds is 1. The second-order valence-electron chi connectivity index (χ2n) is 3.98. The van der Waals surface area contributed by atoms with Gasteiger partial charge >= 0.3 is 0 Å². The Morgan fingerprint density at radius 3 is 3.06 bits per heavy atom. The lowest BCUT2D eigenvalue weighted by molar-refractivity contribution is -0.120. The zero-order valence-electron chi connectivity index (χ0n) is 9.40. The quantitative estimate of drug-likeness (QED) is 0.603. The third-order valence-corrected chi connectivity index (χ3v) is 6.46. The predicted octanol–water partition coefficient (Wildman–Crippen LogP) is 2.27. The van der Waals surface area contributed by atoms with Crippen molar-refractivity contribution in [3.63, 3.8) is 0 Å². The maximum atomic E-state index is 12.5. The van der Waals surface area contributed by atoms with Crippen LogP contribution >= 0.6 is 41.5 Å². The molecule has 0 saturated carbocycles. The first-order valence-corrected chi connectivity index (χ1v) is 10.4. The summed E-state index contributed by atoms with van der Waals surface area (Å²) >= 11 is -0.198. The van der Waals surface area contributed by atoms with Gasteiger partial charge in [0.2, 0.25) is 0 Å². The van der Waals surface area contributed by atoms with E-state index in [4.69, 9.17) is 10.5 Å². The molecule has 0 aromatic carbocycles. The highest BCUT2D eigenvalue weighted by atomic mass is 127. The normalized spacial score (nSPS) is 26.4. The number of Topliss-reactive ketones (excluding diaryl/α,β-unsaturated/α-hetero) is 1. The molecule has 3 heterocycles. The van der Waals surface area contributed by atoms with Crippen molar-refractivity contribution < 1.29 is 9.53 Å². The van der Waals surface area contributed by atoms with Gasteiger partial charge in [0.15, 0.2) is 11.5 Å². The van der Waals surface area contributed by atoms with Crippen LogP contribution in [0.2, 0.25) is 0 Å². The number of carbonyl (C=O) groups excluding carboxylic acids is 1. The van der Waals surface area contributed by atoms with E-state index in [1.165, 1.54) is 0 Å². The van der Waals surface area contributed by atoms with Gasteiger partial charge in [-0.1, -0.05) is 53.6 Å². The molecule has 0 amide bonds. The van der Waals surface area contributed by atoms with Crippen LogP contribution in [-0.4, -0.2) is 20.4 Å². The van der Waals surface area contributed by atoms with E-state index in [-0.39, 0.29) is 53.2 Å². The fourth-order valence-corrected chi connectivity index (χ4v) is 5.25. The molecule has 5 heteroatoms. The van der Waals surface area contributed by atoms with Crippen molar-refractivity contribution in [2.75, 3.05) is 6.61 Å². The first-order valence-electron chi connectivity index (χ1n) is 5.42. The summed E-state index contributed by atoms with van der Waals surface area (Å²) in [5.41, 5.74) is 8.28. The maximum Gasteiger partial charge on any atom is 0.177 e. The summed E-state index contributed by atoms with van der Waals surface area (Å²) < 4.78 is 14.1. The van der Waals surface area contributed by atoms with E-state index in [9.17, 15) is 4.79 Å². The molecule has 0 spiro atoms. The molecule has 18 heavy (non-hydrogen) atoms. The summed E-state index contributed by atoms with van der Waals surface area (Å²) in [6, 6.07) is 0. The van der Waals surface area contributed by atoms with Crippen LogP contribution in [0.25, 0.3) is 0 Å². The van der Waals surface area contributed by atoms with Crippen LogP contribution in [-0.2, 0) is 9.53 Å². The lowest BCUT2D eigenvalue weighted by Gasteiger charge is -2.27. The van der Waals surface area contributed by atoms with Gasteiger partial charge in [-0.15, -0.1) is 0 Å². The van der Waals surface area contributed by atoms with Crippen molar-refractivity contribution >= 4 is 55.3 Å². The molecular formula is C13H11I2NO2. The Labute approximate surface area is 125 Å². The Bertz CT molecular complexity index is 594. The highest BCUT2D eigenvalue weighted by molar-refractivity contribution is 14.2. The number of carbonyl (C=O) groups is 1. The molecule has 94 valence electrons. The van der Waals surface area contributed by atoms with E-state index in [0.29, 0.717) is 23.6 Å². The Balaban J connectivity index is 1.96. The fraction of sp³-hybridized carbons (Fsp3) is 0.154. The zero-order valence-corrected chi connectivity index (χ0v) is 13.7. The Morgan fingerprint density at radius 1 is 1.39 bits per heavy atom. The minimum atomic E-state index is -0.247. The summed E-state index contributed by atoms with van der Waals surface area (Å²) in [5, 5.41) is 0. The van der Waals surface area contributed by atoms with Crippen molar-refractivity contribution in [2.24, 2.45) is 11.7 Å². The van der Waals surface area contributed by atoms with E-state index in [1.54, 1.807) is 0 Å². The average molecular weight is 467 g/mol. The molecule has 3 aliphatic rings. The fourth-order valence-electron chi connectivity index (χ4n) is 1.97. The van der Waals surface area contributed by atoms with Crippen LogP contribution in [0.4, 0.5) is 0 Å². The Kier molecular flexibility index (Phi) is 3.60. The smallest absolute Gasteiger partial charge is 0.177 e. The van der Waals surface area contributed by atoms with Crippen LogP contribution in [0, 0.1) is 5.92 Å². The van der Waals surface area contributed by atoms with Gasteiger partial charge in [-0.3, -0.25) is 4.79 Å². The second-order valence-corrected chi connectivity index (χ2v) is 8.10. The first-order chi connectivity index (χ1) is 8.77. The number of allylic oxidation sites excluding steroid dienone is 3. The number of hydrogen-bond donors (Lipinski definition) is 1. The molecule has 3 aliphatic heterocycles. The van der Waals surface area contributed by atoms with Gasteiger partial charge in [-0.05, 0) is 21.8 Å². The Hall–Kier alpha value is -0.570. The van der Waals surface area contributed by atoms with E-state index in [1.807, 2.05) is 8.09 Å². The van der Waals surface area contributed by atoms with Crippen LogP contribution < -0.4 is 5.73 Å². The number of nitrogens with two attached hydrogens (primary N) is 1. The highest BCUT2D eigenvalue weighted by Gasteiger charge is 2.33. The van der Waals surface area contributed by atoms with Gasteiger partial charge < -0.3 is 10.5 Å². The van der Waals surface area contributed by atoms with Crippen molar-refractivity contribution in [1.29, 1.82) is 0 Å². The van der Waals surface area contributed by atoms with Gasteiger partial charge in [0.05, 0.1) is 17.2 Å². The van der Waals surface area contributed by atoms with Gasteiger partial charge in [0.25, 0.3) is 0 Å². The number of hydrogen-bond acceptors (Lipinski definition) is 3. The molecule has 0 saturated heterocycles. The monoisotopic (exact) mass is 467 g/mol.